The number of alkyl halides is 3. The largest absolute Gasteiger partial charge is 0.416 e. The van der Waals surface area contributed by atoms with Crippen molar-refractivity contribution in [1.29, 1.82) is 0 Å². The maximum atomic E-state index is 12.9. The average Bonchev–Trinajstić information content (AvgIpc) is 3.18. The molecule has 152 valence electrons. The van der Waals surface area contributed by atoms with Crippen LogP contribution in [0.3, 0.4) is 0 Å². The second-order valence-corrected chi connectivity index (χ2v) is 6.28. The van der Waals surface area contributed by atoms with Crippen LogP contribution in [0, 0.1) is 6.92 Å². The number of benzene rings is 1. The molecule has 1 aromatic carbocycles. The lowest BCUT2D eigenvalue weighted by atomic mass is 10.1. The standard InChI is InChI=1S/C18H17F3N6O2/c1-10-13(8-22-26(10)2)24-17(29)15-14(9-23-27(15)3)25-16(28)11-5-4-6-12(7-11)18(19,20)21/h4-9H,1-3H3,(H,24,29)(H,25,28). The van der Waals surface area contributed by atoms with Gasteiger partial charge in [-0.05, 0) is 25.1 Å². The Morgan fingerprint density at radius 2 is 1.59 bits per heavy atom. The van der Waals surface area contributed by atoms with Gasteiger partial charge in [0, 0.05) is 19.7 Å². The Labute approximate surface area is 163 Å². The van der Waals surface area contributed by atoms with Gasteiger partial charge < -0.3 is 10.6 Å². The van der Waals surface area contributed by atoms with Gasteiger partial charge in [0.1, 0.15) is 5.69 Å². The van der Waals surface area contributed by atoms with E-state index < -0.39 is 23.6 Å². The molecule has 2 N–H and O–H groups in total. The number of hydrogen-bond acceptors (Lipinski definition) is 4. The summed E-state index contributed by atoms with van der Waals surface area (Å²) in [5, 5.41) is 13.1. The quantitative estimate of drug-likeness (QED) is 0.697. The van der Waals surface area contributed by atoms with E-state index in [1.165, 1.54) is 30.2 Å². The summed E-state index contributed by atoms with van der Waals surface area (Å²) in [6, 6.07) is 4.00. The van der Waals surface area contributed by atoms with Gasteiger partial charge in [-0.25, -0.2) is 0 Å². The molecule has 2 heterocycles. The van der Waals surface area contributed by atoms with Crippen LogP contribution in [0.4, 0.5) is 24.5 Å². The van der Waals surface area contributed by atoms with Gasteiger partial charge in [0.15, 0.2) is 0 Å². The maximum Gasteiger partial charge on any atom is 0.416 e. The minimum Gasteiger partial charge on any atom is -0.319 e. The summed E-state index contributed by atoms with van der Waals surface area (Å²) >= 11 is 0. The van der Waals surface area contributed by atoms with Gasteiger partial charge in [-0.2, -0.15) is 23.4 Å². The van der Waals surface area contributed by atoms with E-state index in [1.807, 2.05) is 0 Å². The number of hydrogen-bond donors (Lipinski definition) is 2. The first-order valence-electron chi connectivity index (χ1n) is 8.38. The molecule has 0 fully saturated rings. The van der Waals surface area contributed by atoms with Crippen LogP contribution in [-0.4, -0.2) is 31.4 Å². The average molecular weight is 406 g/mol. The van der Waals surface area contributed by atoms with Gasteiger partial charge in [0.05, 0.1) is 35.0 Å². The Balaban J connectivity index is 1.83. The van der Waals surface area contributed by atoms with Crippen molar-refractivity contribution in [3.8, 4) is 0 Å². The third kappa shape index (κ3) is 4.13. The summed E-state index contributed by atoms with van der Waals surface area (Å²) in [5.74, 6) is -1.35. The Hall–Kier alpha value is -3.63. The molecule has 0 saturated carbocycles. The molecule has 11 heteroatoms. The van der Waals surface area contributed by atoms with Crippen LogP contribution in [0.2, 0.25) is 0 Å². The lowest BCUT2D eigenvalue weighted by Crippen LogP contribution is -2.20. The van der Waals surface area contributed by atoms with E-state index in [4.69, 9.17) is 0 Å². The monoisotopic (exact) mass is 406 g/mol. The number of aryl methyl sites for hydroxylation is 2. The van der Waals surface area contributed by atoms with E-state index in [9.17, 15) is 22.8 Å². The molecular formula is C18H17F3N6O2. The lowest BCUT2D eigenvalue weighted by Gasteiger charge is -2.10. The molecule has 0 aliphatic rings. The number of nitrogens with one attached hydrogen (secondary N) is 2. The van der Waals surface area contributed by atoms with Crippen LogP contribution >= 0.6 is 0 Å². The summed E-state index contributed by atoms with van der Waals surface area (Å²) in [5.41, 5.74) is 0.158. The first kappa shape index (κ1) is 20.1. The molecule has 29 heavy (non-hydrogen) atoms. The molecule has 3 aromatic rings. The fraction of sp³-hybridized carbons (Fsp3) is 0.222. The molecule has 8 nitrogen and oxygen atoms in total. The van der Waals surface area contributed by atoms with Gasteiger partial charge in [-0.1, -0.05) is 6.07 Å². The molecule has 0 unspecified atom stereocenters. The fourth-order valence-electron chi connectivity index (χ4n) is 2.63. The molecule has 0 bridgehead atoms. The summed E-state index contributed by atoms with van der Waals surface area (Å²) in [6.07, 6.45) is -1.85. The summed E-state index contributed by atoms with van der Waals surface area (Å²) < 4.78 is 41.4. The van der Waals surface area contributed by atoms with Crippen molar-refractivity contribution in [2.75, 3.05) is 10.6 Å². The van der Waals surface area contributed by atoms with Crippen LogP contribution in [0.1, 0.15) is 32.1 Å². The molecule has 0 radical (unpaired) electrons. The molecule has 0 aliphatic carbocycles. The highest BCUT2D eigenvalue weighted by atomic mass is 19.4. The van der Waals surface area contributed by atoms with E-state index in [0.29, 0.717) is 5.69 Å². The van der Waals surface area contributed by atoms with E-state index in [2.05, 4.69) is 20.8 Å². The summed E-state index contributed by atoms with van der Waals surface area (Å²) in [7, 11) is 3.22. The smallest absolute Gasteiger partial charge is 0.319 e. The van der Waals surface area contributed by atoms with E-state index >= 15 is 0 Å². The Kier molecular flexibility index (Phi) is 5.14. The lowest BCUT2D eigenvalue weighted by molar-refractivity contribution is -0.137. The Morgan fingerprint density at radius 3 is 2.21 bits per heavy atom. The molecule has 0 spiro atoms. The number of carbonyl (C=O) groups is 2. The van der Waals surface area contributed by atoms with Gasteiger partial charge in [0.25, 0.3) is 11.8 Å². The van der Waals surface area contributed by atoms with Crippen LogP contribution in [0.25, 0.3) is 0 Å². The molecular weight excluding hydrogens is 389 g/mol. The first-order valence-corrected chi connectivity index (χ1v) is 8.38. The molecule has 0 aliphatic heterocycles. The number of aromatic nitrogens is 4. The van der Waals surface area contributed by atoms with Gasteiger partial charge in [-0.15, -0.1) is 0 Å². The zero-order valence-corrected chi connectivity index (χ0v) is 15.7. The third-order valence-electron chi connectivity index (χ3n) is 4.34. The van der Waals surface area contributed by atoms with Crippen molar-refractivity contribution in [2.24, 2.45) is 14.1 Å². The Bertz CT molecular complexity index is 1080. The topological polar surface area (TPSA) is 93.8 Å². The van der Waals surface area contributed by atoms with Crippen molar-refractivity contribution in [3.05, 3.63) is 59.2 Å². The normalized spacial score (nSPS) is 11.4. The van der Waals surface area contributed by atoms with E-state index in [1.54, 1.807) is 18.7 Å². The predicted molar refractivity (Wildman–Crippen MR) is 98.5 cm³/mol. The predicted octanol–water partition coefficient (Wildman–Crippen LogP) is 2.99. The van der Waals surface area contributed by atoms with Crippen LogP contribution in [-0.2, 0) is 20.3 Å². The zero-order valence-electron chi connectivity index (χ0n) is 15.7. The highest BCUT2D eigenvalue weighted by molar-refractivity contribution is 6.11. The Morgan fingerprint density at radius 1 is 0.966 bits per heavy atom. The SMILES string of the molecule is Cc1c(NC(=O)c2c(NC(=O)c3cccc(C(F)(F)F)c3)cnn2C)cnn1C. The highest BCUT2D eigenvalue weighted by Crippen LogP contribution is 2.29. The number of carbonyl (C=O) groups excluding carboxylic acids is 2. The number of halogens is 3. The van der Waals surface area contributed by atoms with Crippen molar-refractivity contribution in [2.45, 2.75) is 13.1 Å². The number of amides is 2. The second-order valence-electron chi connectivity index (χ2n) is 6.28. The van der Waals surface area contributed by atoms with Crippen molar-refractivity contribution in [3.63, 3.8) is 0 Å². The van der Waals surface area contributed by atoms with E-state index in [-0.39, 0.29) is 16.9 Å². The van der Waals surface area contributed by atoms with Crippen LogP contribution < -0.4 is 10.6 Å². The highest BCUT2D eigenvalue weighted by Gasteiger charge is 2.31. The molecule has 2 aromatic heterocycles. The third-order valence-corrected chi connectivity index (χ3v) is 4.34. The number of nitrogens with zero attached hydrogens (tertiary/aromatic N) is 4. The van der Waals surface area contributed by atoms with Crippen LogP contribution in [0.15, 0.2) is 36.7 Å². The van der Waals surface area contributed by atoms with Crippen LogP contribution in [0.5, 0.6) is 0 Å². The zero-order chi connectivity index (χ0) is 21.3. The summed E-state index contributed by atoms with van der Waals surface area (Å²) in [6.45, 7) is 1.77. The number of rotatable bonds is 4. The van der Waals surface area contributed by atoms with Crippen molar-refractivity contribution in [1.82, 2.24) is 19.6 Å². The van der Waals surface area contributed by atoms with Gasteiger partial charge in [-0.3, -0.25) is 19.0 Å². The maximum absolute atomic E-state index is 12.9. The second kappa shape index (κ2) is 7.41. The number of anilines is 2. The minimum absolute atomic E-state index is 0.0357. The fourth-order valence-corrected chi connectivity index (χ4v) is 2.63. The summed E-state index contributed by atoms with van der Waals surface area (Å²) in [4.78, 5) is 25.1. The van der Waals surface area contributed by atoms with E-state index in [0.717, 1.165) is 23.9 Å². The minimum atomic E-state index is -4.57. The van der Waals surface area contributed by atoms with Gasteiger partial charge in [0.2, 0.25) is 0 Å². The molecule has 0 saturated heterocycles. The van der Waals surface area contributed by atoms with Crippen molar-refractivity contribution < 1.29 is 22.8 Å². The van der Waals surface area contributed by atoms with Crippen molar-refractivity contribution >= 4 is 23.2 Å². The first-order chi connectivity index (χ1) is 13.6. The van der Waals surface area contributed by atoms with Gasteiger partial charge >= 0.3 is 6.18 Å². The molecule has 3 rings (SSSR count). The molecule has 0 atom stereocenters. The molecule has 2 amide bonds.